The van der Waals surface area contributed by atoms with Crippen molar-refractivity contribution in [3.63, 3.8) is 0 Å². The number of ether oxygens (including phenoxy) is 1. The lowest BCUT2D eigenvalue weighted by atomic mass is 9.87. The molecule has 1 aliphatic carbocycles. The number of hydrogen-bond acceptors (Lipinski definition) is 2. The third-order valence-corrected chi connectivity index (χ3v) is 3.98. The van der Waals surface area contributed by atoms with Gasteiger partial charge in [-0.1, -0.05) is 38.0 Å². The molecule has 0 bridgehead atoms. The SMILES string of the molecule is Cc1ccccc1OCCC(=O)NC1CCCC(C)C1. The largest absolute Gasteiger partial charge is 0.493 e. The van der Waals surface area contributed by atoms with E-state index in [1.807, 2.05) is 31.2 Å². The Morgan fingerprint density at radius 3 is 2.90 bits per heavy atom. The van der Waals surface area contributed by atoms with Gasteiger partial charge in [0, 0.05) is 6.04 Å². The molecule has 0 saturated heterocycles. The van der Waals surface area contributed by atoms with E-state index in [4.69, 9.17) is 4.74 Å². The third kappa shape index (κ3) is 4.55. The molecule has 1 saturated carbocycles. The van der Waals surface area contributed by atoms with Crippen LogP contribution in [0.15, 0.2) is 24.3 Å². The molecule has 1 aromatic carbocycles. The molecular formula is C17H25NO2. The first-order valence-corrected chi connectivity index (χ1v) is 7.63. The van der Waals surface area contributed by atoms with E-state index in [0.717, 1.165) is 30.1 Å². The lowest BCUT2D eigenvalue weighted by Crippen LogP contribution is -2.38. The van der Waals surface area contributed by atoms with Gasteiger partial charge in [0.2, 0.25) is 5.91 Å². The summed E-state index contributed by atoms with van der Waals surface area (Å²) in [6, 6.07) is 8.25. The fraction of sp³-hybridized carbons (Fsp3) is 0.588. The molecule has 1 aliphatic rings. The van der Waals surface area contributed by atoms with Crippen LogP contribution in [0.3, 0.4) is 0 Å². The fourth-order valence-corrected chi connectivity index (χ4v) is 2.84. The van der Waals surface area contributed by atoms with Crippen molar-refractivity contribution in [3.05, 3.63) is 29.8 Å². The van der Waals surface area contributed by atoms with Crippen molar-refractivity contribution in [1.82, 2.24) is 5.32 Å². The van der Waals surface area contributed by atoms with Gasteiger partial charge in [-0.3, -0.25) is 4.79 Å². The van der Waals surface area contributed by atoms with Gasteiger partial charge in [0.25, 0.3) is 0 Å². The normalized spacial score (nSPS) is 22.3. The van der Waals surface area contributed by atoms with Crippen LogP contribution in [0.4, 0.5) is 0 Å². The summed E-state index contributed by atoms with van der Waals surface area (Å²) in [4.78, 5) is 11.9. The summed E-state index contributed by atoms with van der Waals surface area (Å²) in [5.41, 5.74) is 1.11. The molecule has 2 rings (SSSR count). The molecule has 3 heteroatoms. The molecule has 0 spiro atoms. The highest BCUT2D eigenvalue weighted by Gasteiger charge is 2.20. The minimum absolute atomic E-state index is 0.109. The lowest BCUT2D eigenvalue weighted by Gasteiger charge is -2.27. The van der Waals surface area contributed by atoms with Crippen molar-refractivity contribution in [1.29, 1.82) is 0 Å². The van der Waals surface area contributed by atoms with Gasteiger partial charge < -0.3 is 10.1 Å². The van der Waals surface area contributed by atoms with Crippen LogP contribution in [0.1, 0.15) is 44.6 Å². The van der Waals surface area contributed by atoms with E-state index in [-0.39, 0.29) is 5.91 Å². The molecule has 1 fully saturated rings. The topological polar surface area (TPSA) is 38.3 Å². The molecule has 0 radical (unpaired) electrons. The summed E-state index contributed by atoms with van der Waals surface area (Å²) in [6.07, 6.45) is 5.19. The molecule has 1 aromatic rings. The van der Waals surface area contributed by atoms with E-state index in [0.29, 0.717) is 19.1 Å². The number of para-hydroxylation sites is 1. The first-order chi connectivity index (χ1) is 9.65. The zero-order valence-electron chi connectivity index (χ0n) is 12.5. The Hall–Kier alpha value is -1.51. The van der Waals surface area contributed by atoms with Crippen molar-refractivity contribution >= 4 is 5.91 Å². The molecular weight excluding hydrogens is 250 g/mol. The summed E-state index contributed by atoms with van der Waals surface area (Å²) in [6.45, 7) is 4.72. The maximum absolute atomic E-state index is 11.9. The van der Waals surface area contributed by atoms with Crippen LogP contribution in [0.5, 0.6) is 5.75 Å². The Morgan fingerprint density at radius 2 is 2.15 bits per heavy atom. The van der Waals surface area contributed by atoms with Gasteiger partial charge in [-0.05, 0) is 37.3 Å². The highest BCUT2D eigenvalue weighted by Crippen LogP contribution is 2.23. The molecule has 0 aliphatic heterocycles. The molecule has 0 heterocycles. The van der Waals surface area contributed by atoms with E-state index in [2.05, 4.69) is 12.2 Å². The average molecular weight is 275 g/mol. The van der Waals surface area contributed by atoms with Crippen LogP contribution in [0.25, 0.3) is 0 Å². The molecule has 2 atom stereocenters. The summed E-state index contributed by atoms with van der Waals surface area (Å²) >= 11 is 0. The Balaban J connectivity index is 1.69. The van der Waals surface area contributed by atoms with Crippen LogP contribution in [-0.4, -0.2) is 18.6 Å². The van der Waals surface area contributed by atoms with Gasteiger partial charge in [0.1, 0.15) is 5.75 Å². The highest BCUT2D eigenvalue weighted by atomic mass is 16.5. The van der Waals surface area contributed by atoms with Crippen LogP contribution in [0.2, 0.25) is 0 Å². The summed E-state index contributed by atoms with van der Waals surface area (Å²) < 4.78 is 5.66. The monoisotopic (exact) mass is 275 g/mol. The van der Waals surface area contributed by atoms with Crippen molar-refractivity contribution in [2.24, 2.45) is 5.92 Å². The zero-order chi connectivity index (χ0) is 14.4. The summed E-state index contributed by atoms with van der Waals surface area (Å²) in [5, 5.41) is 3.13. The van der Waals surface area contributed by atoms with Gasteiger partial charge in [0.15, 0.2) is 0 Å². The number of hydrogen-bond donors (Lipinski definition) is 1. The van der Waals surface area contributed by atoms with Crippen molar-refractivity contribution in [2.75, 3.05) is 6.61 Å². The zero-order valence-corrected chi connectivity index (χ0v) is 12.5. The summed E-state index contributed by atoms with van der Waals surface area (Å²) in [7, 11) is 0. The quantitative estimate of drug-likeness (QED) is 0.893. The smallest absolute Gasteiger partial charge is 0.223 e. The van der Waals surface area contributed by atoms with Crippen molar-refractivity contribution in [2.45, 2.75) is 52.0 Å². The Labute approximate surface area is 121 Å². The molecule has 20 heavy (non-hydrogen) atoms. The van der Waals surface area contributed by atoms with Crippen LogP contribution in [-0.2, 0) is 4.79 Å². The van der Waals surface area contributed by atoms with Gasteiger partial charge in [-0.15, -0.1) is 0 Å². The first-order valence-electron chi connectivity index (χ1n) is 7.63. The number of carbonyl (C=O) groups excluding carboxylic acids is 1. The molecule has 0 aromatic heterocycles. The predicted molar refractivity (Wildman–Crippen MR) is 80.9 cm³/mol. The molecule has 1 N–H and O–H groups in total. The number of amides is 1. The molecule has 2 unspecified atom stereocenters. The first kappa shape index (κ1) is 14.9. The highest BCUT2D eigenvalue weighted by molar-refractivity contribution is 5.76. The van der Waals surface area contributed by atoms with E-state index in [1.165, 1.54) is 12.8 Å². The number of aryl methyl sites for hydroxylation is 1. The van der Waals surface area contributed by atoms with E-state index in [1.54, 1.807) is 0 Å². The van der Waals surface area contributed by atoms with Gasteiger partial charge in [-0.2, -0.15) is 0 Å². The van der Waals surface area contributed by atoms with Crippen LogP contribution < -0.4 is 10.1 Å². The lowest BCUT2D eigenvalue weighted by molar-refractivity contribution is -0.122. The van der Waals surface area contributed by atoms with Gasteiger partial charge in [0.05, 0.1) is 13.0 Å². The Kier molecular flexibility index (Phi) is 5.45. The van der Waals surface area contributed by atoms with Gasteiger partial charge in [-0.25, -0.2) is 0 Å². The predicted octanol–water partition coefficient (Wildman–Crippen LogP) is 3.46. The second-order valence-electron chi connectivity index (χ2n) is 5.90. The number of carbonyl (C=O) groups is 1. The second-order valence-corrected chi connectivity index (χ2v) is 5.90. The van der Waals surface area contributed by atoms with Crippen molar-refractivity contribution in [3.8, 4) is 5.75 Å². The average Bonchev–Trinajstić information content (AvgIpc) is 2.41. The third-order valence-electron chi connectivity index (χ3n) is 3.98. The maximum Gasteiger partial charge on any atom is 0.223 e. The standard InChI is InChI=1S/C17H25NO2/c1-13-6-5-8-15(12-13)18-17(19)10-11-20-16-9-4-3-7-14(16)2/h3-4,7,9,13,15H,5-6,8,10-12H2,1-2H3,(H,18,19). The summed E-state index contributed by atoms with van der Waals surface area (Å²) in [5.74, 6) is 1.71. The molecule has 1 amide bonds. The van der Waals surface area contributed by atoms with Crippen molar-refractivity contribution < 1.29 is 9.53 Å². The minimum Gasteiger partial charge on any atom is -0.493 e. The van der Waals surface area contributed by atoms with Crippen LogP contribution in [0, 0.1) is 12.8 Å². The second kappa shape index (κ2) is 7.32. The van der Waals surface area contributed by atoms with E-state index >= 15 is 0 Å². The van der Waals surface area contributed by atoms with E-state index in [9.17, 15) is 4.79 Å². The number of rotatable bonds is 5. The minimum atomic E-state index is 0.109. The number of nitrogens with one attached hydrogen (secondary N) is 1. The molecule has 3 nitrogen and oxygen atoms in total. The van der Waals surface area contributed by atoms with Gasteiger partial charge >= 0.3 is 0 Å². The van der Waals surface area contributed by atoms with Crippen LogP contribution >= 0.6 is 0 Å². The molecule has 110 valence electrons. The maximum atomic E-state index is 11.9. The van der Waals surface area contributed by atoms with E-state index < -0.39 is 0 Å². The number of benzene rings is 1. The Morgan fingerprint density at radius 1 is 1.35 bits per heavy atom. The Bertz CT molecular complexity index is 444. The fourth-order valence-electron chi connectivity index (χ4n) is 2.84.